The summed E-state index contributed by atoms with van der Waals surface area (Å²) >= 11 is 0. The Bertz CT molecular complexity index is 644. The summed E-state index contributed by atoms with van der Waals surface area (Å²) in [5.74, 6) is -3.25. The van der Waals surface area contributed by atoms with Crippen LogP contribution in [0.3, 0.4) is 0 Å². The fourth-order valence-corrected chi connectivity index (χ4v) is 1.40. The third-order valence-corrected chi connectivity index (χ3v) is 2.18. The average molecular weight is 473 g/mol. The number of aliphatic carboxylic acids is 3. The fourth-order valence-electron chi connectivity index (χ4n) is 1.40. The van der Waals surface area contributed by atoms with Gasteiger partial charge >= 0.3 is 19.5 Å². The number of hydrogen-bond acceptors (Lipinski definition) is 6. The molecule has 2 rings (SSSR count). The van der Waals surface area contributed by atoms with Gasteiger partial charge in [-0.25, -0.2) is 0 Å². The number of benzene rings is 2. The summed E-state index contributed by atoms with van der Waals surface area (Å²) in [4.78, 5) is 26.7. The molecule has 0 atom stereocenters. The zero-order valence-corrected chi connectivity index (χ0v) is 17.4. The van der Waals surface area contributed by atoms with Crippen LogP contribution < -0.4 is 15.3 Å². The predicted octanol–water partition coefficient (Wildman–Crippen LogP) is 0.218. The van der Waals surface area contributed by atoms with Gasteiger partial charge in [0, 0.05) is 17.9 Å². The van der Waals surface area contributed by atoms with Gasteiger partial charge in [-0.3, -0.25) is 0 Å². The number of allylic oxidation sites excluding steroid dienone is 1. The van der Waals surface area contributed by atoms with Gasteiger partial charge in [0.25, 0.3) is 0 Å². The molecule has 0 radical (unpaired) electrons. The second-order valence-corrected chi connectivity index (χ2v) is 4.82. The molecule has 152 valence electrons. The van der Waals surface area contributed by atoms with Crippen molar-refractivity contribution in [3.63, 3.8) is 0 Å². The van der Waals surface area contributed by atoms with E-state index in [2.05, 4.69) is 42.8 Å². The maximum atomic E-state index is 8.89. The number of hydrogen-bond donors (Lipinski definition) is 0. The van der Waals surface area contributed by atoms with Gasteiger partial charge in [-0.05, 0) is 20.8 Å². The van der Waals surface area contributed by atoms with Crippen LogP contribution in [0.25, 0.3) is 6.08 Å². The van der Waals surface area contributed by atoms with Gasteiger partial charge in [0.15, 0.2) is 0 Å². The van der Waals surface area contributed by atoms with Gasteiger partial charge < -0.3 is 29.7 Å². The molecule has 0 aliphatic carbocycles. The maximum absolute atomic E-state index is 8.89. The van der Waals surface area contributed by atoms with Crippen LogP contribution >= 0.6 is 0 Å². The molecule has 0 saturated carbocycles. The Morgan fingerprint density at radius 1 is 0.714 bits per heavy atom. The molecule has 2 aromatic rings. The van der Waals surface area contributed by atoms with E-state index in [9.17, 15) is 0 Å². The van der Waals surface area contributed by atoms with Crippen molar-refractivity contribution in [3.05, 3.63) is 84.3 Å². The van der Waals surface area contributed by atoms with E-state index in [1.807, 2.05) is 36.4 Å². The Labute approximate surface area is 178 Å². The van der Waals surface area contributed by atoms with Crippen molar-refractivity contribution < 1.29 is 49.2 Å². The summed E-state index contributed by atoms with van der Waals surface area (Å²) in [6.07, 6.45) is 6.28. The normalized spacial score (nSPS) is 8.25. The molecule has 0 fully saturated rings. The van der Waals surface area contributed by atoms with E-state index < -0.39 is 17.9 Å². The van der Waals surface area contributed by atoms with E-state index in [0.29, 0.717) is 0 Å². The Morgan fingerprint density at radius 3 is 1.39 bits per heavy atom. The van der Waals surface area contributed by atoms with Crippen LogP contribution in [0.2, 0.25) is 0 Å². The molecule has 0 heterocycles. The molecule has 28 heavy (non-hydrogen) atoms. The molecule has 0 amide bonds. The van der Waals surface area contributed by atoms with Crippen LogP contribution in [0.15, 0.2) is 66.7 Å². The number of carboxylic acid groups (broad SMARTS) is 3. The first-order chi connectivity index (χ1) is 12.6. The van der Waals surface area contributed by atoms with Crippen molar-refractivity contribution in [2.75, 3.05) is 0 Å². The van der Waals surface area contributed by atoms with Crippen LogP contribution in [0.1, 0.15) is 31.9 Å². The largest absolute Gasteiger partial charge is 3.00 e. The van der Waals surface area contributed by atoms with Crippen LogP contribution in [0.4, 0.5) is 0 Å². The molecule has 0 unspecified atom stereocenters. The number of carbonyl (C=O) groups excluding carboxylic acids is 3. The zero-order chi connectivity index (χ0) is 21.1. The van der Waals surface area contributed by atoms with Crippen molar-refractivity contribution in [3.8, 4) is 0 Å². The first-order valence-corrected chi connectivity index (χ1v) is 7.79. The second-order valence-electron chi connectivity index (χ2n) is 4.82. The maximum Gasteiger partial charge on any atom is 3.00 e. The van der Waals surface area contributed by atoms with E-state index >= 15 is 0 Å². The van der Waals surface area contributed by atoms with Crippen molar-refractivity contribution in [2.24, 2.45) is 0 Å². The monoisotopic (exact) mass is 473 g/mol. The Kier molecular flexibility index (Phi) is 21.7. The van der Waals surface area contributed by atoms with Gasteiger partial charge in [0.2, 0.25) is 0 Å². The third kappa shape index (κ3) is 30.9. The summed E-state index contributed by atoms with van der Waals surface area (Å²) in [5.41, 5.74) is 2.45. The molecule has 6 nitrogen and oxygen atoms in total. The van der Waals surface area contributed by atoms with Crippen LogP contribution in [0.5, 0.6) is 0 Å². The third-order valence-electron chi connectivity index (χ3n) is 2.18. The van der Waals surface area contributed by atoms with Crippen LogP contribution in [-0.4, -0.2) is 17.9 Å². The van der Waals surface area contributed by atoms with Crippen molar-refractivity contribution >= 4 is 24.0 Å². The minimum atomic E-state index is -1.08. The SMILES string of the molecule is C(=Cc1ccccc1)[CH-]c1ccccc1.CC(=O)[O-].CC(=O)[O-].CC(=O)[O-].[Rh+3]. The minimum Gasteiger partial charge on any atom is -0.550 e. The van der Waals surface area contributed by atoms with Gasteiger partial charge in [0.1, 0.15) is 0 Å². The molecule has 0 aliphatic heterocycles. The molecule has 0 N–H and O–H groups in total. The number of carbonyl (C=O) groups is 3. The fraction of sp³-hybridized carbons (Fsp3) is 0.143. The standard InChI is InChI=1S/C15H13.3C2H4O2.Rh/c1-3-8-14(9-4-1)12-7-13-15-10-5-2-6-11-15;3*1-2(3)4;/h1-13H;3*1H3,(H,3,4);/q-1;;;;+3/p-3. The minimum absolute atomic E-state index is 0. The Hall–Kier alpha value is -2.92. The Balaban J connectivity index is -0.000000401. The van der Waals surface area contributed by atoms with E-state index in [4.69, 9.17) is 29.7 Å². The first kappa shape index (κ1) is 29.8. The summed E-state index contributed by atoms with van der Waals surface area (Å²) < 4.78 is 0. The van der Waals surface area contributed by atoms with Gasteiger partial charge in [-0.2, -0.15) is 0 Å². The van der Waals surface area contributed by atoms with Crippen LogP contribution in [0, 0.1) is 6.42 Å². The molecule has 0 aromatic heterocycles. The molecular formula is C21H22O6Rh-. The van der Waals surface area contributed by atoms with Gasteiger partial charge in [0.05, 0.1) is 0 Å². The quantitative estimate of drug-likeness (QED) is 0.465. The van der Waals surface area contributed by atoms with Crippen molar-refractivity contribution in [2.45, 2.75) is 20.8 Å². The summed E-state index contributed by atoms with van der Waals surface area (Å²) in [6.45, 7) is 2.92. The Morgan fingerprint density at radius 2 is 1.04 bits per heavy atom. The molecule has 0 aliphatic rings. The van der Waals surface area contributed by atoms with Gasteiger partial charge in [-0.15, -0.1) is 48.4 Å². The topological polar surface area (TPSA) is 120 Å². The molecule has 0 spiro atoms. The number of rotatable bonds is 3. The number of carboxylic acids is 3. The van der Waals surface area contributed by atoms with E-state index in [-0.39, 0.29) is 19.5 Å². The van der Waals surface area contributed by atoms with E-state index in [1.54, 1.807) is 0 Å². The van der Waals surface area contributed by atoms with E-state index in [1.165, 1.54) is 11.1 Å². The van der Waals surface area contributed by atoms with Crippen molar-refractivity contribution in [1.29, 1.82) is 0 Å². The smallest absolute Gasteiger partial charge is 0.550 e. The van der Waals surface area contributed by atoms with Gasteiger partial charge in [-0.1, -0.05) is 42.0 Å². The summed E-state index contributed by atoms with van der Waals surface area (Å²) in [7, 11) is 0. The molecule has 0 saturated heterocycles. The summed E-state index contributed by atoms with van der Waals surface area (Å²) in [5, 5.41) is 26.7. The van der Waals surface area contributed by atoms with Crippen LogP contribution in [-0.2, 0) is 33.9 Å². The zero-order valence-electron chi connectivity index (χ0n) is 15.8. The second kappa shape index (κ2) is 20.4. The first-order valence-electron chi connectivity index (χ1n) is 7.79. The molecular weight excluding hydrogens is 451 g/mol. The molecule has 2 aromatic carbocycles. The summed E-state index contributed by atoms with van der Waals surface area (Å²) in [6, 6.07) is 20.6. The molecule has 0 bridgehead atoms. The molecule has 7 heteroatoms. The predicted molar refractivity (Wildman–Crippen MR) is 97.4 cm³/mol. The van der Waals surface area contributed by atoms with E-state index in [0.717, 1.165) is 20.8 Å². The van der Waals surface area contributed by atoms with Crippen molar-refractivity contribution in [1.82, 2.24) is 0 Å². The average Bonchev–Trinajstić information content (AvgIpc) is 2.55.